The molecule has 3 heterocycles. The van der Waals surface area contributed by atoms with Crippen molar-refractivity contribution in [2.45, 2.75) is 50.4 Å². The largest absolute Gasteiger partial charge is 0.317 e. The molecule has 29 heavy (non-hydrogen) atoms. The molecule has 1 atom stereocenters. The molecule has 6 nitrogen and oxygen atoms in total. The van der Waals surface area contributed by atoms with Crippen molar-refractivity contribution in [1.29, 1.82) is 0 Å². The topological polar surface area (TPSA) is 71.7 Å². The predicted molar refractivity (Wildman–Crippen MR) is 117 cm³/mol. The highest BCUT2D eigenvalue weighted by Crippen LogP contribution is 2.29. The van der Waals surface area contributed by atoms with Crippen LogP contribution in [0.2, 0.25) is 0 Å². The Morgan fingerprint density at radius 3 is 2.79 bits per heavy atom. The van der Waals surface area contributed by atoms with Crippen LogP contribution in [0.1, 0.15) is 30.9 Å². The molecule has 3 aromatic rings. The van der Waals surface area contributed by atoms with Gasteiger partial charge in [0.05, 0.1) is 10.2 Å². The number of hydrogen-bond acceptors (Lipinski definition) is 5. The van der Waals surface area contributed by atoms with Crippen LogP contribution in [-0.2, 0) is 21.4 Å². The number of thiazole rings is 1. The molecule has 1 amide bonds. The summed E-state index contributed by atoms with van der Waals surface area (Å²) in [5.74, 6) is -0.384. The van der Waals surface area contributed by atoms with E-state index in [4.69, 9.17) is 0 Å². The highest BCUT2D eigenvalue weighted by atomic mass is 32.2. The number of sulfonamides is 1. The first-order valence-corrected chi connectivity index (χ1v) is 12.7. The summed E-state index contributed by atoms with van der Waals surface area (Å²) in [5, 5.41) is 1.73. The lowest BCUT2D eigenvalue weighted by molar-refractivity contribution is -0.121. The van der Waals surface area contributed by atoms with Crippen molar-refractivity contribution < 1.29 is 13.2 Å². The van der Waals surface area contributed by atoms with Gasteiger partial charge in [0, 0.05) is 13.1 Å². The summed E-state index contributed by atoms with van der Waals surface area (Å²) < 4.78 is 30.6. The van der Waals surface area contributed by atoms with Crippen LogP contribution in [0.25, 0.3) is 10.2 Å². The van der Waals surface area contributed by atoms with Crippen LogP contribution >= 0.6 is 22.7 Å². The first-order chi connectivity index (χ1) is 13.8. The first-order valence-electron chi connectivity index (χ1n) is 9.57. The molecule has 1 fully saturated rings. The molecule has 1 unspecified atom stereocenters. The van der Waals surface area contributed by atoms with E-state index in [1.807, 2.05) is 11.5 Å². The van der Waals surface area contributed by atoms with E-state index in [0.717, 1.165) is 21.3 Å². The van der Waals surface area contributed by atoms with Crippen LogP contribution in [0.4, 0.5) is 0 Å². The highest BCUT2D eigenvalue weighted by molar-refractivity contribution is 7.91. The SMILES string of the molecule is CCn1c(=NC(=O)C2CCCN2S(=O)(=O)c2cccs2)sc2c(C)cc(C)cc21. The van der Waals surface area contributed by atoms with E-state index in [-0.39, 0.29) is 10.1 Å². The molecular weight excluding hydrogens is 426 g/mol. The number of amides is 1. The lowest BCUT2D eigenvalue weighted by Gasteiger charge is -2.20. The van der Waals surface area contributed by atoms with Gasteiger partial charge < -0.3 is 4.57 Å². The van der Waals surface area contributed by atoms with Crippen molar-refractivity contribution in [3.63, 3.8) is 0 Å². The van der Waals surface area contributed by atoms with Gasteiger partial charge in [0.15, 0.2) is 4.80 Å². The number of fused-ring (bicyclic) bond motifs is 1. The number of rotatable bonds is 4. The van der Waals surface area contributed by atoms with Crippen LogP contribution in [0.5, 0.6) is 0 Å². The summed E-state index contributed by atoms with van der Waals surface area (Å²) in [6.07, 6.45) is 1.16. The fourth-order valence-corrected chi connectivity index (χ4v) is 7.79. The second-order valence-corrected chi connectivity index (χ2v) is 11.3. The standard InChI is InChI=1S/C20H23N3O3S3/c1-4-22-16-12-13(2)11-14(3)18(16)28-20(22)21-19(24)15-7-5-9-23(15)29(25,26)17-8-6-10-27-17/h6,8,10-12,15H,4-5,7,9H2,1-3H3. The summed E-state index contributed by atoms with van der Waals surface area (Å²) in [7, 11) is -3.67. The van der Waals surface area contributed by atoms with Gasteiger partial charge in [-0.2, -0.15) is 9.30 Å². The molecule has 9 heteroatoms. The minimum Gasteiger partial charge on any atom is -0.317 e. The van der Waals surface area contributed by atoms with Crippen molar-refractivity contribution in [3.05, 3.63) is 45.6 Å². The number of benzene rings is 1. The predicted octanol–water partition coefficient (Wildman–Crippen LogP) is 3.68. The summed E-state index contributed by atoms with van der Waals surface area (Å²) in [6.45, 7) is 7.18. The average Bonchev–Trinajstić information content (AvgIpc) is 3.41. The molecule has 1 aliphatic heterocycles. The molecule has 0 bridgehead atoms. The van der Waals surface area contributed by atoms with E-state index in [0.29, 0.717) is 30.7 Å². The lowest BCUT2D eigenvalue weighted by Crippen LogP contribution is -2.40. The zero-order valence-corrected chi connectivity index (χ0v) is 19.0. The number of thiophene rings is 1. The Morgan fingerprint density at radius 1 is 1.31 bits per heavy atom. The van der Waals surface area contributed by atoms with Gasteiger partial charge in [-0.05, 0) is 62.3 Å². The Hall–Kier alpha value is -1.81. The molecule has 2 aromatic heterocycles. The molecule has 0 radical (unpaired) electrons. The van der Waals surface area contributed by atoms with E-state index in [9.17, 15) is 13.2 Å². The third kappa shape index (κ3) is 3.61. The molecule has 0 spiro atoms. The third-order valence-electron chi connectivity index (χ3n) is 5.18. The summed E-state index contributed by atoms with van der Waals surface area (Å²) in [4.78, 5) is 18.1. The number of carbonyl (C=O) groups excluding carboxylic acids is 1. The van der Waals surface area contributed by atoms with Crippen LogP contribution in [0.15, 0.2) is 38.8 Å². The number of hydrogen-bond donors (Lipinski definition) is 0. The smallest absolute Gasteiger partial charge is 0.266 e. The van der Waals surface area contributed by atoms with E-state index < -0.39 is 16.1 Å². The van der Waals surface area contributed by atoms with Gasteiger partial charge in [-0.1, -0.05) is 23.5 Å². The number of aryl methyl sites for hydroxylation is 3. The highest BCUT2D eigenvalue weighted by Gasteiger charge is 2.39. The van der Waals surface area contributed by atoms with Crippen LogP contribution in [-0.4, -0.2) is 35.8 Å². The maximum absolute atomic E-state index is 13.1. The van der Waals surface area contributed by atoms with Gasteiger partial charge >= 0.3 is 0 Å². The lowest BCUT2D eigenvalue weighted by atomic mass is 10.1. The Kier molecular flexibility index (Phi) is 5.50. The van der Waals surface area contributed by atoms with Crippen molar-refractivity contribution in [1.82, 2.24) is 8.87 Å². The molecule has 1 saturated heterocycles. The van der Waals surface area contributed by atoms with Crippen molar-refractivity contribution in [2.24, 2.45) is 4.99 Å². The molecule has 1 aromatic carbocycles. The Labute approximate surface area is 178 Å². The van der Waals surface area contributed by atoms with Crippen LogP contribution in [0.3, 0.4) is 0 Å². The van der Waals surface area contributed by atoms with Gasteiger partial charge in [-0.15, -0.1) is 11.3 Å². The first kappa shape index (κ1) is 20.5. The minimum atomic E-state index is -3.67. The number of carbonyl (C=O) groups is 1. The Bertz CT molecular complexity index is 1240. The van der Waals surface area contributed by atoms with E-state index in [2.05, 4.69) is 31.0 Å². The van der Waals surface area contributed by atoms with Gasteiger partial charge in [0.1, 0.15) is 10.3 Å². The fraction of sp³-hybridized carbons (Fsp3) is 0.400. The molecule has 0 saturated carbocycles. The van der Waals surface area contributed by atoms with E-state index >= 15 is 0 Å². The molecule has 4 rings (SSSR count). The minimum absolute atomic E-state index is 0.272. The molecule has 0 aliphatic carbocycles. The molecular formula is C20H23N3O3S3. The quantitative estimate of drug-likeness (QED) is 0.610. The molecule has 154 valence electrons. The van der Waals surface area contributed by atoms with Crippen molar-refractivity contribution in [2.75, 3.05) is 6.54 Å². The van der Waals surface area contributed by atoms with Crippen molar-refractivity contribution >= 4 is 48.8 Å². The monoisotopic (exact) mass is 449 g/mol. The summed E-state index contributed by atoms with van der Waals surface area (Å²) in [6, 6.07) is 6.78. The van der Waals surface area contributed by atoms with Gasteiger partial charge in [0.2, 0.25) is 0 Å². The van der Waals surface area contributed by atoms with Crippen LogP contribution in [0, 0.1) is 13.8 Å². The summed E-state index contributed by atoms with van der Waals surface area (Å²) in [5.41, 5.74) is 3.39. The molecule has 0 N–H and O–H groups in total. The molecule has 1 aliphatic rings. The zero-order valence-electron chi connectivity index (χ0n) is 16.6. The summed E-state index contributed by atoms with van der Waals surface area (Å²) >= 11 is 2.66. The second-order valence-electron chi connectivity index (χ2n) is 7.21. The third-order valence-corrected chi connectivity index (χ3v) is 9.69. The van der Waals surface area contributed by atoms with Gasteiger partial charge in [-0.3, -0.25) is 4.79 Å². The normalized spacial score (nSPS) is 18.7. The fourth-order valence-electron chi connectivity index (χ4n) is 3.87. The van der Waals surface area contributed by atoms with Gasteiger partial charge in [-0.25, -0.2) is 8.42 Å². The Morgan fingerprint density at radius 2 is 2.10 bits per heavy atom. The van der Waals surface area contributed by atoms with Crippen LogP contribution < -0.4 is 4.80 Å². The van der Waals surface area contributed by atoms with E-state index in [1.165, 1.54) is 27.0 Å². The zero-order chi connectivity index (χ0) is 20.8. The van der Waals surface area contributed by atoms with E-state index in [1.54, 1.807) is 17.5 Å². The average molecular weight is 450 g/mol. The number of aromatic nitrogens is 1. The second kappa shape index (κ2) is 7.79. The van der Waals surface area contributed by atoms with Gasteiger partial charge in [0.25, 0.3) is 15.9 Å². The van der Waals surface area contributed by atoms with Crippen molar-refractivity contribution in [3.8, 4) is 0 Å². The number of nitrogens with zero attached hydrogens (tertiary/aromatic N) is 3. The maximum Gasteiger partial charge on any atom is 0.266 e. The maximum atomic E-state index is 13.1. The Balaban J connectivity index is 1.75.